The first-order chi connectivity index (χ1) is 39.7. The molecule has 81 heavy (non-hydrogen) atoms. The van der Waals surface area contributed by atoms with E-state index in [9.17, 15) is 35.1 Å². The number of amides is 1. The van der Waals surface area contributed by atoms with Crippen molar-refractivity contribution in [1.29, 1.82) is 0 Å². The lowest BCUT2D eigenvalue weighted by Crippen LogP contribution is -2.60. The molecule has 1 heterocycles. The molecule has 11 heteroatoms. The number of hydrogen-bond donors (Lipinski definition) is 6. The molecular weight excluding hydrogens is 1010 g/mol. The van der Waals surface area contributed by atoms with Gasteiger partial charge in [0, 0.05) is 12.8 Å². The van der Waals surface area contributed by atoms with Crippen LogP contribution in [0.5, 0.6) is 0 Å². The molecule has 7 atom stereocenters. The number of hydrogen-bond acceptors (Lipinski definition) is 10. The zero-order chi connectivity index (χ0) is 58.7. The van der Waals surface area contributed by atoms with Gasteiger partial charge in [0.05, 0.1) is 32.0 Å². The highest BCUT2D eigenvalue weighted by atomic mass is 16.7. The summed E-state index contributed by atoms with van der Waals surface area (Å²) >= 11 is 0. The van der Waals surface area contributed by atoms with Crippen LogP contribution >= 0.6 is 0 Å². The first kappa shape index (κ1) is 76.4. The Bertz CT molecular complexity index is 1530. The summed E-state index contributed by atoms with van der Waals surface area (Å²) in [5, 5.41) is 54.3. The third kappa shape index (κ3) is 48.3. The summed E-state index contributed by atoms with van der Waals surface area (Å²) in [7, 11) is 0. The van der Waals surface area contributed by atoms with Gasteiger partial charge in [-0.1, -0.05) is 267 Å². The van der Waals surface area contributed by atoms with Crippen LogP contribution in [0.4, 0.5) is 0 Å². The molecule has 0 aromatic carbocycles. The van der Waals surface area contributed by atoms with Crippen molar-refractivity contribution in [3.63, 3.8) is 0 Å². The molecular formula is C70H127NO10. The summed E-state index contributed by atoms with van der Waals surface area (Å²) in [5.41, 5.74) is 0. The second-order valence-corrected chi connectivity index (χ2v) is 23.5. The number of aliphatic hydroxyl groups excluding tert-OH is 5. The van der Waals surface area contributed by atoms with Crippen molar-refractivity contribution in [2.24, 2.45) is 0 Å². The largest absolute Gasteiger partial charge is 0.466 e. The molecule has 1 rings (SSSR count). The number of unbranched alkanes of at least 4 members (excludes halogenated alkanes) is 37. The summed E-state index contributed by atoms with van der Waals surface area (Å²) in [6.45, 7) is 4.26. The number of nitrogens with one attached hydrogen (secondary N) is 1. The number of esters is 1. The third-order valence-electron chi connectivity index (χ3n) is 15.8. The van der Waals surface area contributed by atoms with Crippen LogP contribution in [0.25, 0.3) is 0 Å². The highest BCUT2D eigenvalue weighted by molar-refractivity contribution is 5.76. The van der Waals surface area contributed by atoms with Gasteiger partial charge in [-0.2, -0.15) is 0 Å². The van der Waals surface area contributed by atoms with Crippen molar-refractivity contribution in [1.82, 2.24) is 5.32 Å². The Morgan fingerprint density at radius 2 is 0.852 bits per heavy atom. The molecule has 0 aromatic heterocycles. The van der Waals surface area contributed by atoms with Crippen LogP contribution in [-0.2, 0) is 23.8 Å². The lowest BCUT2D eigenvalue weighted by atomic mass is 9.99. The minimum atomic E-state index is -1.57. The second kappa shape index (κ2) is 59.1. The van der Waals surface area contributed by atoms with Gasteiger partial charge in [0.15, 0.2) is 6.29 Å². The number of aliphatic hydroxyl groups is 5. The molecule has 7 unspecified atom stereocenters. The van der Waals surface area contributed by atoms with E-state index in [4.69, 9.17) is 14.2 Å². The van der Waals surface area contributed by atoms with Crippen LogP contribution in [0.15, 0.2) is 60.8 Å². The molecule has 11 nitrogen and oxygen atoms in total. The predicted molar refractivity (Wildman–Crippen MR) is 338 cm³/mol. The number of rotatable bonds is 59. The van der Waals surface area contributed by atoms with E-state index >= 15 is 0 Å². The molecule has 1 fully saturated rings. The Balaban J connectivity index is 1.94. The Morgan fingerprint density at radius 1 is 0.457 bits per heavy atom. The van der Waals surface area contributed by atoms with Gasteiger partial charge in [0.25, 0.3) is 0 Å². The molecule has 1 saturated heterocycles. The van der Waals surface area contributed by atoms with Crippen molar-refractivity contribution >= 4 is 11.9 Å². The van der Waals surface area contributed by atoms with Gasteiger partial charge in [-0.05, 0) is 89.9 Å². The summed E-state index contributed by atoms with van der Waals surface area (Å²) in [5.74, 6) is -0.194. The molecule has 0 aliphatic carbocycles. The quantitative estimate of drug-likeness (QED) is 0.0195. The maximum atomic E-state index is 13.0. The van der Waals surface area contributed by atoms with Crippen LogP contribution in [0.1, 0.15) is 309 Å². The standard InChI is InChI=1S/C70H127NO10/c1-3-5-7-9-11-13-14-34-38-42-46-50-54-58-66(75)79-59-55-51-47-43-39-36-33-31-29-27-25-23-21-19-17-15-16-18-20-22-24-26-28-30-32-35-37-41-45-49-53-57-65(74)71-62(63(73)56-52-48-44-40-12-10-8-6-4-2)61-80-70-69(78)68(77)67(76)64(60-72)81-70/h7,9,13-14,17,19,23,25,52,56,62-64,67-70,72-73,76-78H,3-6,8,10-12,15-16,18,20-22,24,26-51,53-55,57-61H2,1-2H3,(H,71,74)/b9-7-,14-13-,19-17-,25-23-,56-52+. The van der Waals surface area contributed by atoms with Crippen molar-refractivity contribution in [2.45, 2.75) is 352 Å². The lowest BCUT2D eigenvalue weighted by Gasteiger charge is -2.40. The Morgan fingerprint density at radius 3 is 1.30 bits per heavy atom. The van der Waals surface area contributed by atoms with E-state index in [1.54, 1.807) is 6.08 Å². The van der Waals surface area contributed by atoms with Crippen molar-refractivity contribution in [2.75, 3.05) is 19.8 Å². The van der Waals surface area contributed by atoms with Crippen molar-refractivity contribution in [3.05, 3.63) is 60.8 Å². The second-order valence-electron chi connectivity index (χ2n) is 23.5. The number of carbonyl (C=O) groups excluding carboxylic acids is 2. The van der Waals surface area contributed by atoms with Crippen LogP contribution in [0.3, 0.4) is 0 Å². The zero-order valence-electron chi connectivity index (χ0n) is 52.2. The van der Waals surface area contributed by atoms with Crippen LogP contribution in [0, 0.1) is 0 Å². The molecule has 1 amide bonds. The Hall–Kier alpha value is -2.64. The fourth-order valence-corrected chi connectivity index (χ4v) is 10.4. The minimum Gasteiger partial charge on any atom is -0.466 e. The van der Waals surface area contributed by atoms with E-state index in [1.165, 1.54) is 212 Å². The fraction of sp³-hybridized carbons (Fsp3) is 0.829. The van der Waals surface area contributed by atoms with Gasteiger partial charge >= 0.3 is 5.97 Å². The van der Waals surface area contributed by atoms with E-state index in [1.807, 2.05) is 6.08 Å². The normalized spacial score (nSPS) is 18.6. The van der Waals surface area contributed by atoms with E-state index < -0.39 is 49.5 Å². The minimum absolute atomic E-state index is 0.0107. The van der Waals surface area contributed by atoms with Gasteiger partial charge in [-0.25, -0.2) is 0 Å². The molecule has 0 saturated carbocycles. The average Bonchev–Trinajstić information content (AvgIpc) is 3.51. The van der Waals surface area contributed by atoms with E-state index in [0.29, 0.717) is 19.4 Å². The predicted octanol–water partition coefficient (Wildman–Crippen LogP) is 17.0. The SMILES string of the molecule is CCC/C=C\C/C=C\CCCCCCCC(=O)OCCCCCCCCCCC/C=C\C/C=C\CCCCCCCCCCCCCCCCCC(=O)NC(COC1OC(CO)C(O)C(O)C1O)C(O)/C=C/CCCCCCCCC. The summed E-state index contributed by atoms with van der Waals surface area (Å²) in [6.07, 6.45) is 67.9. The average molecular weight is 1140 g/mol. The molecule has 472 valence electrons. The summed E-state index contributed by atoms with van der Waals surface area (Å²) in [4.78, 5) is 25.0. The van der Waals surface area contributed by atoms with E-state index in [0.717, 1.165) is 70.6 Å². The van der Waals surface area contributed by atoms with Crippen molar-refractivity contribution < 1.29 is 49.3 Å². The monoisotopic (exact) mass is 1140 g/mol. The smallest absolute Gasteiger partial charge is 0.305 e. The van der Waals surface area contributed by atoms with E-state index in [-0.39, 0.29) is 18.5 Å². The first-order valence-electron chi connectivity index (χ1n) is 34.1. The maximum absolute atomic E-state index is 13.0. The Kier molecular flexibility index (Phi) is 55.7. The topological polar surface area (TPSA) is 175 Å². The van der Waals surface area contributed by atoms with Crippen LogP contribution in [0.2, 0.25) is 0 Å². The van der Waals surface area contributed by atoms with Crippen LogP contribution in [-0.4, -0.2) is 100 Å². The van der Waals surface area contributed by atoms with E-state index in [2.05, 4.69) is 67.8 Å². The molecule has 1 aliphatic heterocycles. The lowest BCUT2D eigenvalue weighted by molar-refractivity contribution is -0.302. The van der Waals surface area contributed by atoms with Gasteiger partial charge in [-0.15, -0.1) is 0 Å². The zero-order valence-corrected chi connectivity index (χ0v) is 52.2. The van der Waals surface area contributed by atoms with Gasteiger partial charge in [0.1, 0.15) is 24.4 Å². The van der Waals surface area contributed by atoms with Gasteiger partial charge in [0.2, 0.25) is 5.91 Å². The molecule has 6 N–H and O–H groups in total. The number of allylic oxidation sites excluding steroid dienone is 9. The summed E-state index contributed by atoms with van der Waals surface area (Å²) in [6, 6.07) is -0.809. The third-order valence-corrected chi connectivity index (χ3v) is 15.8. The first-order valence-corrected chi connectivity index (χ1v) is 34.1. The highest BCUT2D eigenvalue weighted by Gasteiger charge is 2.44. The molecule has 0 bridgehead atoms. The van der Waals surface area contributed by atoms with Crippen LogP contribution < -0.4 is 5.32 Å². The molecule has 1 aliphatic rings. The Labute approximate surface area is 497 Å². The van der Waals surface area contributed by atoms with Crippen molar-refractivity contribution in [3.8, 4) is 0 Å². The van der Waals surface area contributed by atoms with Gasteiger partial charge < -0.3 is 45.1 Å². The fourth-order valence-electron chi connectivity index (χ4n) is 10.4. The summed E-state index contributed by atoms with van der Waals surface area (Å²) < 4.78 is 16.7. The number of carbonyl (C=O) groups is 2. The molecule has 0 aromatic rings. The molecule has 0 radical (unpaired) electrons. The molecule has 0 spiro atoms. The number of ether oxygens (including phenoxy) is 3. The maximum Gasteiger partial charge on any atom is 0.305 e. The highest BCUT2D eigenvalue weighted by Crippen LogP contribution is 2.23. The van der Waals surface area contributed by atoms with Gasteiger partial charge in [-0.3, -0.25) is 9.59 Å².